The first-order chi connectivity index (χ1) is 15.1. The van der Waals surface area contributed by atoms with Crippen LogP contribution in [0.15, 0.2) is 66.7 Å². The van der Waals surface area contributed by atoms with Crippen molar-refractivity contribution in [3.8, 4) is 16.9 Å². The third-order valence-electron chi connectivity index (χ3n) is 5.79. The van der Waals surface area contributed by atoms with Crippen LogP contribution < -0.4 is 10.1 Å². The number of benzene rings is 2. The number of amides is 1. The van der Waals surface area contributed by atoms with Crippen molar-refractivity contribution in [2.45, 2.75) is 19.9 Å². The van der Waals surface area contributed by atoms with Gasteiger partial charge >= 0.3 is 0 Å². The van der Waals surface area contributed by atoms with Gasteiger partial charge in [0.1, 0.15) is 5.75 Å². The average Bonchev–Trinajstić information content (AvgIpc) is 2.95. The summed E-state index contributed by atoms with van der Waals surface area (Å²) in [7, 11) is 1.69. The van der Waals surface area contributed by atoms with Crippen molar-refractivity contribution in [3.05, 3.63) is 83.7 Å². The van der Waals surface area contributed by atoms with E-state index in [1.54, 1.807) is 7.11 Å². The average molecular weight is 416 g/mol. The van der Waals surface area contributed by atoms with E-state index < -0.39 is 0 Å². The van der Waals surface area contributed by atoms with Gasteiger partial charge in [0.05, 0.1) is 18.7 Å². The van der Waals surface area contributed by atoms with Crippen LogP contribution in [0.4, 0.5) is 0 Å². The van der Waals surface area contributed by atoms with E-state index in [0.717, 1.165) is 46.9 Å². The summed E-state index contributed by atoms with van der Waals surface area (Å²) >= 11 is 0. The molecule has 0 bridgehead atoms. The van der Waals surface area contributed by atoms with Gasteiger partial charge in [-0.25, -0.2) is 0 Å². The molecule has 1 saturated heterocycles. The lowest BCUT2D eigenvalue weighted by atomic mass is 9.91. The number of carbonyl (C=O) groups is 1. The van der Waals surface area contributed by atoms with Gasteiger partial charge in [-0.3, -0.25) is 14.7 Å². The Morgan fingerprint density at radius 3 is 2.61 bits per heavy atom. The first kappa shape index (κ1) is 21.1. The number of aryl methyl sites for hydroxylation is 1. The van der Waals surface area contributed by atoms with E-state index in [9.17, 15) is 4.79 Å². The van der Waals surface area contributed by atoms with Gasteiger partial charge in [-0.15, -0.1) is 0 Å². The van der Waals surface area contributed by atoms with Crippen LogP contribution in [0.3, 0.4) is 0 Å². The lowest BCUT2D eigenvalue weighted by Gasteiger charge is -2.23. The summed E-state index contributed by atoms with van der Waals surface area (Å²) < 4.78 is 5.58. The molecular weight excluding hydrogens is 386 g/mol. The minimum atomic E-state index is -0.122. The standard InChI is InChI=1S/C26H29N3O2/c1-19-8-7-10-22(28-19)18-29-15-14-27-26(30)21(17-29)16-20-9-3-4-11-23(20)24-12-5-6-13-25(24)31-2/h3-13,21H,14-18H2,1-2H3,(H,27,30)/t21-/m0/s1. The van der Waals surface area contributed by atoms with Crippen LogP contribution in [-0.2, 0) is 17.8 Å². The quantitative estimate of drug-likeness (QED) is 0.664. The third-order valence-corrected chi connectivity index (χ3v) is 5.79. The minimum absolute atomic E-state index is 0.120. The zero-order valence-electron chi connectivity index (χ0n) is 18.2. The molecule has 0 aliphatic carbocycles. The van der Waals surface area contributed by atoms with Crippen molar-refractivity contribution in [2.24, 2.45) is 5.92 Å². The smallest absolute Gasteiger partial charge is 0.224 e. The first-order valence-corrected chi connectivity index (χ1v) is 10.8. The van der Waals surface area contributed by atoms with Crippen molar-refractivity contribution in [1.82, 2.24) is 15.2 Å². The molecule has 5 heteroatoms. The Hall–Kier alpha value is -3.18. The van der Waals surface area contributed by atoms with E-state index in [0.29, 0.717) is 19.5 Å². The third kappa shape index (κ3) is 5.12. The second-order valence-electron chi connectivity index (χ2n) is 8.05. The molecule has 2 aromatic carbocycles. The molecular formula is C26H29N3O2. The summed E-state index contributed by atoms with van der Waals surface area (Å²) in [4.78, 5) is 19.8. The van der Waals surface area contributed by atoms with Crippen molar-refractivity contribution < 1.29 is 9.53 Å². The van der Waals surface area contributed by atoms with Gasteiger partial charge in [0.15, 0.2) is 0 Å². The Labute approximate surface area is 184 Å². The molecule has 4 rings (SSSR count). The highest BCUT2D eigenvalue weighted by atomic mass is 16.5. The van der Waals surface area contributed by atoms with Gasteiger partial charge in [-0.1, -0.05) is 48.5 Å². The van der Waals surface area contributed by atoms with Gasteiger partial charge in [-0.2, -0.15) is 0 Å². The monoisotopic (exact) mass is 415 g/mol. The number of methoxy groups -OCH3 is 1. The van der Waals surface area contributed by atoms with Gasteiger partial charge in [0.2, 0.25) is 5.91 Å². The van der Waals surface area contributed by atoms with Crippen LogP contribution in [0, 0.1) is 12.8 Å². The second-order valence-corrected chi connectivity index (χ2v) is 8.05. The van der Waals surface area contributed by atoms with Gasteiger partial charge < -0.3 is 10.1 Å². The molecule has 1 N–H and O–H groups in total. The second kappa shape index (κ2) is 9.75. The number of aromatic nitrogens is 1. The summed E-state index contributed by atoms with van der Waals surface area (Å²) in [5.74, 6) is 0.838. The van der Waals surface area contributed by atoms with E-state index >= 15 is 0 Å². The Bertz CT molecular complexity index is 1050. The summed E-state index contributed by atoms with van der Waals surface area (Å²) in [5.41, 5.74) is 5.38. The molecule has 31 heavy (non-hydrogen) atoms. The van der Waals surface area contributed by atoms with Crippen molar-refractivity contribution in [2.75, 3.05) is 26.7 Å². The van der Waals surface area contributed by atoms with E-state index in [-0.39, 0.29) is 11.8 Å². The molecule has 0 spiro atoms. The highest BCUT2D eigenvalue weighted by molar-refractivity contribution is 5.80. The fourth-order valence-corrected chi connectivity index (χ4v) is 4.28. The normalized spacial score (nSPS) is 17.1. The maximum atomic E-state index is 12.9. The summed E-state index contributed by atoms with van der Waals surface area (Å²) in [6.07, 6.45) is 0.678. The predicted octanol–water partition coefficient (Wildman–Crippen LogP) is 3.86. The highest BCUT2D eigenvalue weighted by Gasteiger charge is 2.26. The Morgan fingerprint density at radius 2 is 1.81 bits per heavy atom. The topological polar surface area (TPSA) is 54.5 Å². The van der Waals surface area contributed by atoms with Crippen LogP contribution in [0.5, 0.6) is 5.75 Å². The zero-order chi connectivity index (χ0) is 21.6. The maximum absolute atomic E-state index is 12.9. The van der Waals surface area contributed by atoms with Crippen LogP contribution in [-0.4, -0.2) is 42.5 Å². The molecule has 1 aliphatic heterocycles. The first-order valence-electron chi connectivity index (χ1n) is 10.8. The molecule has 1 aliphatic rings. The number of hydrogen-bond donors (Lipinski definition) is 1. The number of carbonyl (C=O) groups excluding carboxylic acids is 1. The van der Waals surface area contributed by atoms with E-state index in [4.69, 9.17) is 4.74 Å². The van der Waals surface area contributed by atoms with Crippen LogP contribution >= 0.6 is 0 Å². The fourth-order valence-electron chi connectivity index (χ4n) is 4.28. The molecule has 160 valence electrons. The number of rotatable bonds is 6. The fraction of sp³-hybridized carbons (Fsp3) is 0.308. The molecule has 0 saturated carbocycles. The highest BCUT2D eigenvalue weighted by Crippen LogP contribution is 2.33. The van der Waals surface area contributed by atoms with Gasteiger partial charge in [0, 0.05) is 37.4 Å². The molecule has 1 fully saturated rings. The SMILES string of the molecule is COc1ccccc1-c1ccccc1C[C@H]1CN(Cc2cccc(C)n2)CCNC1=O. The maximum Gasteiger partial charge on any atom is 0.224 e. The molecule has 0 unspecified atom stereocenters. The largest absolute Gasteiger partial charge is 0.496 e. The summed E-state index contributed by atoms with van der Waals surface area (Å²) in [6.45, 7) is 4.96. The Kier molecular flexibility index (Phi) is 6.63. The Balaban J connectivity index is 1.57. The lowest BCUT2D eigenvalue weighted by Crippen LogP contribution is -2.33. The van der Waals surface area contributed by atoms with Crippen LogP contribution in [0.25, 0.3) is 11.1 Å². The molecule has 1 aromatic heterocycles. The molecule has 1 amide bonds. The Morgan fingerprint density at radius 1 is 1.03 bits per heavy atom. The molecule has 1 atom stereocenters. The molecule has 3 aromatic rings. The minimum Gasteiger partial charge on any atom is -0.496 e. The van der Waals surface area contributed by atoms with Crippen molar-refractivity contribution in [1.29, 1.82) is 0 Å². The molecule has 0 radical (unpaired) electrons. The zero-order valence-corrected chi connectivity index (χ0v) is 18.2. The van der Waals surface area contributed by atoms with Crippen LogP contribution in [0.1, 0.15) is 17.0 Å². The van der Waals surface area contributed by atoms with Crippen molar-refractivity contribution in [3.63, 3.8) is 0 Å². The van der Waals surface area contributed by atoms with E-state index in [2.05, 4.69) is 39.5 Å². The van der Waals surface area contributed by atoms with E-state index in [1.165, 1.54) is 0 Å². The molecule has 5 nitrogen and oxygen atoms in total. The predicted molar refractivity (Wildman–Crippen MR) is 123 cm³/mol. The number of pyridine rings is 1. The van der Waals surface area contributed by atoms with E-state index in [1.807, 2.05) is 49.4 Å². The summed E-state index contributed by atoms with van der Waals surface area (Å²) in [6, 6.07) is 22.4. The van der Waals surface area contributed by atoms with Crippen LogP contribution in [0.2, 0.25) is 0 Å². The number of para-hydroxylation sites is 1. The summed E-state index contributed by atoms with van der Waals surface area (Å²) in [5, 5.41) is 3.10. The van der Waals surface area contributed by atoms with Crippen molar-refractivity contribution >= 4 is 5.91 Å². The lowest BCUT2D eigenvalue weighted by molar-refractivity contribution is -0.124. The number of ether oxygens (including phenoxy) is 1. The number of hydrogen-bond acceptors (Lipinski definition) is 4. The number of nitrogens with one attached hydrogen (secondary N) is 1. The van der Waals surface area contributed by atoms with Gasteiger partial charge in [0.25, 0.3) is 0 Å². The number of nitrogens with zero attached hydrogens (tertiary/aromatic N) is 2. The van der Waals surface area contributed by atoms with Gasteiger partial charge in [-0.05, 0) is 42.7 Å². The molecule has 2 heterocycles.